The van der Waals surface area contributed by atoms with Crippen molar-refractivity contribution >= 4 is 21.7 Å². The van der Waals surface area contributed by atoms with Gasteiger partial charge in [0.15, 0.2) is 17.3 Å². The SMILES string of the molecule is COc1cc(C2CCCC(Br)C2=O)ccc1F. The van der Waals surface area contributed by atoms with Gasteiger partial charge >= 0.3 is 0 Å². The van der Waals surface area contributed by atoms with Gasteiger partial charge in [-0.2, -0.15) is 0 Å². The molecule has 2 rings (SSSR count). The molecule has 1 aromatic rings. The first-order chi connectivity index (χ1) is 8.13. The number of ketones is 1. The third-order valence-electron chi connectivity index (χ3n) is 3.18. The van der Waals surface area contributed by atoms with Crippen molar-refractivity contribution in [1.29, 1.82) is 0 Å². The number of halogens is 2. The molecule has 17 heavy (non-hydrogen) atoms. The number of benzene rings is 1. The Labute approximate surface area is 108 Å². The molecule has 92 valence electrons. The molecule has 0 aliphatic heterocycles. The summed E-state index contributed by atoms with van der Waals surface area (Å²) in [5, 5.41) is 0. The Kier molecular flexibility index (Phi) is 3.82. The molecular weight excluding hydrogens is 287 g/mol. The second-order valence-corrected chi connectivity index (χ2v) is 5.35. The first kappa shape index (κ1) is 12.6. The van der Waals surface area contributed by atoms with Crippen LogP contribution in [-0.4, -0.2) is 17.7 Å². The van der Waals surface area contributed by atoms with Crippen molar-refractivity contribution in [1.82, 2.24) is 0 Å². The van der Waals surface area contributed by atoms with Crippen LogP contribution in [0.3, 0.4) is 0 Å². The van der Waals surface area contributed by atoms with Gasteiger partial charge in [0.1, 0.15) is 0 Å². The molecule has 2 atom stereocenters. The van der Waals surface area contributed by atoms with E-state index >= 15 is 0 Å². The second-order valence-electron chi connectivity index (χ2n) is 4.25. The summed E-state index contributed by atoms with van der Waals surface area (Å²) in [4.78, 5) is 12.0. The molecule has 0 aromatic heterocycles. The molecule has 1 fully saturated rings. The van der Waals surface area contributed by atoms with Crippen molar-refractivity contribution < 1.29 is 13.9 Å². The molecular formula is C13H14BrFO2. The van der Waals surface area contributed by atoms with Gasteiger partial charge in [-0.1, -0.05) is 28.4 Å². The number of carbonyl (C=O) groups excluding carboxylic acids is 1. The lowest BCUT2D eigenvalue weighted by atomic mass is 9.83. The normalized spacial score (nSPS) is 24.8. The highest BCUT2D eigenvalue weighted by atomic mass is 79.9. The molecule has 0 amide bonds. The fourth-order valence-corrected chi connectivity index (χ4v) is 2.87. The van der Waals surface area contributed by atoms with Crippen LogP contribution in [0.4, 0.5) is 4.39 Å². The van der Waals surface area contributed by atoms with E-state index in [1.54, 1.807) is 12.1 Å². The third kappa shape index (κ3) is 2.51. The average molecular weight is 301 g/mol. The van der Waals surface area contributed by atoms with Gasteiger partial charge in [-0.05, 0) is 30.5 Å². The first-order valence-corrected chi connectivity index (χ1v) is 6.56. The number of alkyl halides is 1. The quantitative estimate of drug-likeness (QED) is 0.782. The van der Waals surface area contributed by atoms with Gasteiger partial charge in [0.05, 0.1) is 11.9 Å². The lowest BCUT2D eigenvalue weighted by molar-refractivity contribution is -0.121. The second kappa shape index (κ2) is 5.17. The van der Waals surface area contributed by atoms with Crippen LogP contribution in [0.1, 0.15) is 30.7 Å². The predicted octanol–water partition coefficient (Wildman–Crippen LogP) is 3.43. The smallest absolute Gasteiger partial charge is 0.165 e. The number of hydrogen-bond acceptors (Lipinski definition) is 2. The van der Waals surface area contributed by atoms with Crippen LogP contribution in [-0.2, 0) is 4.79 Å². The van der Waals surface area contributed by atoms with Crippen molar-refractivity contribution in [3.63, 3.8) is 0 Å². The minimum Gasteiger partial charge on any atom is -0.494 e. The molecule has 4 heteroatoms. The Hall–Kier alpha value is -0.900. The monoisotopic (exact) mass is 300 g/mol. The molecule has 1 aliphatic carbocycles. The van der Waals surface area contributed by atoms with Gasteiger partial charge in [0, 0.05) is 5.92 Å². The maximum absolute atomic E-state index is 13.3. The Morgan fingerprint density at radius 1 is 1.41 bits per heavy atom. The standard InChI is InChI=1S/C13H14BrFO2/c1-17-12-7-8(5-6-11(12)15)9-3-2-4-10(14)13(9)16/h5-7,9-10H,2-4H2,1H3. The number of hydrogen-bond donors (Lipinski definition) is 0. The zero-order valence-electron chi connectivity index (χ0n) is 9.58. The van der Waals surface area contributed by atoms with E-state index in [0.717, 1.165) is 24.8 Å². The van der Waals surface area contributed by atoms with E-state index in [9.17, 15) is 9.18 Å². The zero-order valence-corrected chi connectivity index (χ0v) is 11.2. The molecule has 0 radical (unpaired) electrons. The molecule has 1 saturated carbocycles. The molecule has 2 unspecified atom stereocenters. The highest BCUT2D eigenvalue weighted by Gasteiger charge is 2.30. The number of ether oxygens (including phenoxy) is 1. The van der Waals surface area contributed by atoms with E-state index in [2.05, 4.69) is 15.9 Å². The summed E-state index contributed by atoms with van der Waals surface area (Å²) in [7, 11) is 1.43. The maximum Gasteiger partial charge on any atom is 0.165 e. The Morgan fingerprint density at radius 2 is 2.18 bits per heavy atom. The van der Waals surface area contributed by atoms with Crippen molar-refractivity contribution in [2.24, 2.45) is 0 Å². The minimum absolute atomic E-state index is 0.0719. The summed E-state index contributed by atoms with van der Waals surface area (Å²) in [5.41, 5.74) is 0.845. The molecule has 0 bridgehead atoms. The topological polar surface area (TPSA) is 26.3 Å². The summed E-state index contributed by atoms with van der Waals surface area (Å²) in [6.45, 7) is 0. The zero-order chi connectivity index (χ0) is 12.4. The number of rotatable bonds is 2. The summed E-state index contributed by atoms with van der Waals surface area (Å²) in [6.07, 6.45) is 2.72. The molecule has 1 aliphatic rings. The van der Waals surface area contributed by atoms with Crippen LogP contribution in [0.15, 0.2) is 18.2 Å². The number of methoxy groups -OCH3 is 1. The van der Waals surface area contributed by atoms with Crippen molar-refractivity contribution in [2.45, 2.75) is 30.0 Å². The number of carbonyl (C=O) groups is 1. The first-order valence-electron chi connectivity index (χ1n) is 5.64. The summed E-state index contributed by atoms with van der Waals surface area (Å²) < 4.78 is 18.2. The Balaban J connectivity index is 2.30. The van der Waals surface area contributed by atoms with Crippen LogP contribution in [0.5, 0.6) is 5.75 Å². The summed E-state index contributed by atoms with van der Waals surface area (Å²) >= 11 is 3.39. The van der Waals surface area contributed by atoms with Crippen LogP contribution in [0, 0.1) is 5.82 Å². The fourth-order valence-electron chi connectivity index (χ4n) is 2.23. The summed E-state index contributed by atoms with van der Waals surface area (Å²) in [6, 6.07) is 4.66. The van der Waals surface area contributed by atoms with E-state index in [1.165, 1.54) is 13.2 Å². The minimum atomic E-state index is -0.394. The Bertz CT molecular complexity index is 433. The predicted molar refractivity (Wildman–Crippen MR) is 67.3 cm³/mol. The van der Waals surface area contributed by atoms with Crippen molar-refractivity contribution in [2.75, 3.05) is 7.11 Å². The lowest BCUT2D eigenvalue weighted by Crippen LogP contribution is -2.27. The van der Waals surface area contributed by atoms with E-state index in [1.807, 2.05) is 0 Å². The highest BCUT2D eigenvalue weighted by molar-refractivity contribution is 9.10. The van der Waals surface area contributed by atoms with Gasteiger partial charge in [-0.3, -0.25) is 4.79 Å². The summed E-state index contributed by atoms with van der Waals surface area (Å²) in [5.74, 6) is -0.144. The van der Waals surface area contributed by atoms with E-state index in [-0.39, 0.29) is 22.3 Å². The van der Waals surface area contributed by atoms with Gasteiger partial charge < -0.3 is 4.74 Å². The van der Waals surface area contributed by atoms with Crippen molar-refractivity contribution in [3.05, 3.63) is 29.6 Å². The molecule has 0 heterocycles. The van der Waals surface area contributed by atoms with Gasteiger partial charge in [0.2, 0.25) is 0 Å². The molecule has 0 saturated heterocycles. The fraction of sp³-hybridized carbons (Fsp3) is 0.462. The van der Waals surface area contributed by atoms with Gasteiger partial charge in [-0.25, -0.2) is 4.39 Å². The van der Waals surface area contributed by atoms with Crippen LogP contribution < -0.4 is 4.74 Å². The molecule has 0 spiro atoms. The average Bonchev–Trinajstić information content (AvgIpc) is 2.34. The lowest BCUT2D eigenvalue weighted by Gasteiger charge is -2.24. The van der Waals surface area contributed by atoms with E-state index in [0.29, 0.717) is 0 Å². The number of Topliss-reactive ketones (excluding diaryl/α,β-unsaturated/α-hetero) is 1. The van der Waals surface area contributed by atoms with E-state index < -0.39 is 5.82 Å². The molecule has 2 nitrogen and oxygen atoms in total. The largest absolute Gasteiger partial charge is 0.494 e. The molecule has 0 N–H and O–H groups in total. The van der Waals surface area contributed by atoms with Crippen molar-refractivity contribution in [3.8, 4) is 5.75 Å². The van der Waals surface area contributed by atoms with Crippen LogP contribution in [0.2, 0.25) is 0 Å². The van der Waals surface area contributed by atoms with Gasteiger partial charge in [0.25, 0.3) is 0 Å². The molecule has 1 aromatic carbocycles. The third-order valence-corrected chi connectivity index (χ3v) is 4.09. The van der Waals surface area contributed by atoms with E-state index in [4.69, 9.17) is 4.74 Å². The highest BCUT2D eigenvalue weighted by Crippen LogP contribution is 2.34. The van der Waals surface area contributed by atoms with Crippen LogP contribution >= 0.6 is 15.9 Å². The maximum atomic E-state index is 13.3. The van der Waals surface area contributed by atoms with Crippen LogP contribution in [0.25, 0.3) is 0 Å². The Morgan fingerprint density at radius 3 is 2.88 bits per heavy atom. The van der Waals surface area contributed by atoms with Gasteiger partial charge in [-0.15, -0.1) is 0 Å².